The Balaban J connectivity index is 2.70. The molecule has 9 heavy (non-hydrogen) atoms. The molecule has 0 heterocycles. The van der Waals surface area contributed by atoms with Crippen molar-refractivity contribution in [2.45, 2.75) is 12.2 Å². The average molecular weight is 123 g/mol. The molecule has 2 radical (unpaired) electrons. The molecule has 1 aliphatic rings. The zero-order valence-electron chi connectivity index (χ0n) is 4.92. The fraction of sp³-hybridized carbons (Fsp3) is 0.333. The van der Waals surface area contributed by atoms with Crippen molar-refractivity contribution in [1.82, 2.24) is 0 Å². The molecule has 0 spiro atoms. The number of hydrogen-bond acceptors (Lipinski definition) is 1. The normalized spacial score (nSPS) is 34.2. The molecule has 3 heteroatoms. The highest BCUT2D eigenvalue weighted by Gasteiger charge is 2.13. The van der Waals surface area contributed by atoms with Gasteiger partial charge in [-0.3, -0.25) is 0 Å². The van der Waals surface area contributed by atoms with E-state index in [2.05, 4.69) is 0 Å². The first-order chi connectivity index (χ1) is 4.20. The quantitative estimate of drug-likeness (QED) is 0.459. The van der Waals surface area contributed by atoms with Crippen LogP contribution >= 0.6 is 0 Å². The Morgan fingerprint density at radius 1 is 1.67 bits per heavy atom. The number of allylic oxidation sites excluding steroid dienone is 2. The second kappa shape index (κ2) is 2.35. The Hall–Kier alpha value is -0.565. The van der Waals surface area contributed by atoms with Gasteiger partial charge in [-0.15, -0.1) is 0 Å². The van der Waals surface area contributed by atoms with Gasteiger partial charge in [0.05, 0.1) is 6.04 Å². The minimum Gasteiger partial charge on any atom is -0.322 e. The van der Waals surface area contributed by atoms with E-state index >= 15 is 0 Å². The Labute approximate surface area is 54.8 Å². The molecule has 0 fully saturated rings. The molecule has 0 aromatic carbocycles. The van der Waals surface area contributed by atoms with Gasteiger partial charge >= 0.3 is 0 Å². The lowest BCUT2D eigenvalue weighted by molar-refractivity contribution is 0.368. The minimum atomic E-state index is -1.07. The van der Waals surface area contributed by atoms with Crippen LogP contribution in [0.4, 0.5) is 4.39 Å². The van der Waals surface area contributed by atoms with Crippen molar-refractivity contribution in [1.29, 1.82) is 0 Å². The second-order valence-electron chi connectivity index (χ2n) is 2.05. The zero-order chi connectivity index (χ0) is 6.85. The van der Waals surface area contributed by atoms with Crippen LogP contribution in [0.25, 0.3) is 0 Å². The monoisotopic (exact) mass is 123 g/mol. The van der Waals surface area contributed by atoms with Gasteiger partial charge in [-0.1, -0.05) is 17.6 Å². The molecule has 0 saturated carbocycles. The van der Waals surface area contributed by atoms with Crippen molar-refractivity contribution in [3.63, 3.8) is 0 Å². The molecule has 2 unspecified atom stereocenters. The first-order valence-corrected chi connectivity index (χ1v) is 2.75. The summed E-state index contributed by atoms with van der Waals surface area (Å²) in [6.45, 7) is 0. The molecule has 1 aliphatic carbocycles. The van der Waals surface area contributed by atoms with Gasteiger partial charge in [0, 0.05) is 0 Å². The maximum atomic E-state index is 12.4. The number of alkyl halides is 1. The van der Waals surface area contributed by atoms with Crippen molar-refractivity contribution in [2.24, 2.45) is 5.73 Å². The molecular formula is C6H7BFN. The SMILES string of the molecule is [B]C1=CC(N)C(F)C=C1. The van der Waals surface area contributed by atoms with Crippen LogP contribution in [0, 0.1) is 0 Å². The lowest BCUT2D eigenvalue weighted by Crippen LogP contribution is -2.30. The summed E-state index contributed by atoms with van der Waals surface area (Å²) in [5.74, 6) is 0. The van der Waals surface area contributed by atoms with E-state index in [9.17, 15) is 4.39 Å². The van der Waals surface area contributed by atoms with E-state index < -0.39 is 12.2 Å². The predicted octanol–water partition coefficient (Wildman–Crippen LogP) is 0.274. The molecule has 0 aliphatic heterocycles. The minimum absolute atomic E-state index is 0.538. The van der Waals surface area contributed by atoms with Crippen LogP contribution in [0.1, 0.15) is 0 Å². The Morgan fingerprint density at radius 2 is 2.33 bits per heavy atom. The van der Waals surface area contributed by atoms with Gasteiger partial charge in [-0.05, 0) is 6.08 Å². The van der Waals surface area contributed by atoms with Crippen LogP contribution in [0.3, 0.4) is 0 Å². The Kier molecular flexibility index (Phi) is 1.71. The molecule has 2 N–H and O–H groups in total. The van der Waals surface area contributed by atoms with E-state index in [0.717, 1.165) is 0 Å². The average Bonchev–Trinajstić information content (AvgIpc) is 1.80. The van der Waals surface area contributed by atoms with Gasteiger partial charge in [0.1, 0.15) is 14.0 Å². The molecule has 1 rings (SSSR count). The highest BCUT2D eigenvalue weighted by atomic mass is 19.1. The van der Waals surface area contributed by atoms with Crippen LogP contribution in [0.2, 0.25) is 0 Å². The van der Waals surface area contributed by atoms with E-state index in [1.54, 1.807) is 0 Å². The zero-order valence-corrected chi connectivity index (χ0v) is 4.92. The fourth-order valence-corrected chi connectivity index (χ4v) is 0.701. The number of hydrogen-bond donors (Lipinski definition) is 1. The van der Waals surface area contributed by atoms with E-state index in [4.69, 9.17) is 13.6 Å². The van der Waals surface area contributed by atoms with Crippen molar-refractivity contribution in [3.8, 4) is 0 Å². The Morgan fingerprint density at radius 3 is 2.78 bits per heavy atom. The molecule has 1 nitrogen and oxygen atoms in total. The highest BCUT2D eigenvalue weighted by Crippen LogP contribution is 2.09. The van der Waals surface area contributed by atoms with Crippen LogP contribution in [0.15, 0.2) is 23.7 Å². The highest BCUT2D eigenvalue weighted by molar-refractivity contribution is 6.23. The summed E-state index contributed by atoms with van der Waals surface area (Å²) in [6, 6.07) is -0.560. The maximum absolute atomic E-state index is 12.4. The molecule has 0 bridgehead atoms. The fourth-order valence-electron chi connectivity index (χ4n) is 0.701. The van der Waals surface area contributed by atoms with Crippen LogP contribution in [0.5, 0.6) is 0 Å². The Bertz CT molecular complexity index is 164. The van der Waals surface area contributed by atoms with Crippen LogP contribution in [-0.4, -0.2) is 20.1 Å². The van der Waals surface area contributed by atoms with Gasteiger partial charge in [0.25, 0.3) is 0 Å². The largest absolute Gasteiger partial charge is 0.322 e. The van der Waals surface area contributed by atoms with Gasteiger partial charge in [0.2, 0.25) is 0 Å². The van der Waals surface area contributed by atoms with E-state index in [-0.39, 0.29) is 0 Å². The third-order valence-electron chi connectivity index (χ3n) is 1.23. The molecule has 0 saturated heterocycles. The molecule has 0 amide bonds. The lowest BCUT2D eigenvalue weighted by atomic mass is 9.88. The molecule has 0 aromatic rings. The first kappa shape index (κ1) is 6.55. The van der Waals surface area contributed by atoms with Gasteiger partial charge < -0.3 is 5.73 Å². The summed E-state index contributed by atoms with van der Waals surface area (Å²) in [4.78, 5) is 0. The standard InChI is InChI=1S/C6H7BFN/c7-4-1-2-5(8)6(9)3-4/h1-3,5-6H,9H2. The molecule has 0 aromatic heterocycles. The maximum Gasteiger partial charge on any atom is 0.137 e. The van der Waals surface area contributed by atoms with E-state index in [0.29, 0.717) is 5.47 Å². The van der Waals surface area contributed by atoms with E-state index in [1.807, 2.05) is 0 Å². The van der Waals surface area contributed by atoms with Crippen molar-refractivity contribution >= 4 is 7.85 Å². The van der Waals surface area contributed by atoms with Gasteiger partial charge in [-0.2, -0.15) is 0 Å². The number of rotatable bonds is 0. The lowest BCUT2D eigenvalue weighted by Gasteiger charge is -2.13. The predicted molar refractivity (Wildman–Crippen MR) is 35.8 cm³/mol. The number of halogens is 1. The third kappa shape index (κ3) is 1.42. The summed E-state index contributed by atoms with van der Waals surface area (Å²) in [5.41, 5.74) is 5.82. The van der Waals surface area contributed by atoms with Crippen LogP contribution < -0.4 is 5.73 Å². The van der Waals surface area contributed by atoms with Crippen molar-refractivity contribution < 1.29 is 4.39 Å². The van der Waals surface area contributed by atoms with Gasteiger partial charge in [0.15, 0.2) is 0 Å². The summed E-state index contributed by atoms with van der Waals surface area (Å²) in [6.07, 6.45) is 3.32. The smallest absolute Gasteiger partial charge is 0.137 e. The van der Waals surface area contributed by atoms with E-state index in [1.165, 1.54) is 18.2 Å². The van der Waals surface area contributed by atoms with Crippen molar-refractivity contribution in [3.05, 3.63) is 23.7 Å². The summed E-state index contributed by atoms with van der Waals surface area (Å²) in [5, 5.41) is 0. The molecule has 46 valence electrons. The molecule has 2 atom stereocenters. The van der Waals surface area contributed by atoms with Gasteiger partial charge in [-0.25, -0.2) is 4.39 Å². The topological polar surface area (TPSA) is 26.0 Å². The summed E-state index contributed by atoms with van der Waals surface area (Å²) in [7, 11) is 5.32. The molecular weight excluding hydrogens is 116 g/mol. The van der Waals surface area contributed by atoms with Crippen molar-refractivity contribution in [2.75, 3.05) is 0 Å². The summed E-state index contributed by atoms with van der Waals surface area (Å²) >= 11 is 0. The summed E-state index contributed by atoms with van der Waals surface area (Å²) < 4.78 is 12.4. The van der Waals surface area contributed by atoms with Crippen LogP contribution in [-0.2, 0) is 0 Å². The number of nitrogens with two attached hydrogens (primary N) is 1. The third-order valence-corrected chi connectivity index (χ3v) is 1.23. The second-order valence-corrected chi connectivity index (χ2v) is 2.05. The first-order valence-electron chi connectivity index (χ1n) is 2.75.